The Morgan fingerprint density at radius 2 is 1.84 bits per heavy atom. The molecule has 0 bridgehead atoms. The van der Waals surface area contributed by atoms with Crippen LogP contribution in [0.25, 0.3) is 0 Å². The van der Waals surface area contributed by atoms with Crippen molar-refractivity contribution < 1.29 is 26.7 Å². The Kier molecular flexibility index (Phi) is 7.17. The highest BCUT2D eigenvalue weighted by atomic mass is 32.2. The predicted octanol–water partition coefficient (Wildman–Crippen LogP) is 3.33. The number of nitrogens with one attached hydrogen (secondary N) is 1. The zero-order valence-electron chi connectivity index (χ0n) is 18.4. The summed E-state index contributed by atoms with van der Waals surface area (Å²) in [6, 6.07) is 3.63. The number of rotatable bonds is 7. The number of amides is 1. The summed E-state index contributed by atoms with van der Waals surface area (Å²) in [5.41, 5.74) is 0.425. The summed E-state index contributed by atoms with van der Waals surface area (Å²) < 4.78 is 60.4. The second-order valence-electron chi connectivity index (χ2n) is 9.46. The van der Waals surface area contributed by atoms with Crippen LogP contribution < -0.4 is 4.72 Å². The molecule has 0 radical (unpaired) electrons. The normalized spacial score (nSPS) is 29.2. The monoisotopic (exact) mass is 470 g/mol. The molecule has 0 unspecified atom stereocenters. The molecule has 1 aromatic carbocycles. The van der Waals surface area contributed by atoms with Crippen LogP contribution in [0.1, 0.15) is 62.8 Å². The Bertz CT molecular complexity index is 930. The van der Waals surface area contributed by atoms with Gasteiger partial charge in [0.05, 0.1) is 25.0 Å². The van der Waals surface area contributed by atoms with E-state index in [0.29, 0.717) is 44.2 Å². The highest BCUT2D eigenvalue weighted by Crippen LogP contribution is 2.37. The highest BCUT2D eigenvalue weighted by molar-refractivity contribution is 7.88. The summed E-state index contributed by atoms with van der Waals surface area (Å²) in [6.45, 7) is 0.895. The van der Waals surface area contributed by atoms with E-state index in [1.807, 2.05) is 4.90 Å². The molecule has 1 heterocycles. The minimum atomic E-state index is -3.41. The van der Waals surface area contributed by atoms with Crippen LogP contribution in [0.3, 0.4) is 0 Å². The molecule has 1 aromatic rings. The smallest absolute Gasteiger partial charge is 0.226 e. The highest BCUT2D eigenvalue weighted by Gasteiger charge is 2.41. The van der Waals surface area contributed by atoms with Crippen molar-refractivity contribution in [1.82, 2.24) is 9.62 Å². The molecule has 2 aliphatic carbocycles. The van der Waals surface area contributed by atoms with Crippen molar-refractivity contribution in [3.05, 3.63) is 35.4 Å². The van der Waals surface area contributed by atoms with E-state index in [2.05, 4.69) is 4.72 Å². The molecule has 3 aliphatic rings. The number of likely N-dealkylation sites (tertiary alicyclic amines) is 1. The van der Waals surface area contributed by atoms with Gasteiger partial charge in [0.15, 0.2) is 11.6 Å². The molecule has 1 amide bonds. The van der Waals surface area contributed by atoms with Gasteiger partial charge >= 0.3 is 0 Å². The number of hydrogen-bond donors (Lipinski definition) is 1. The first-order valence-electron chi connectivity index (χ1n) is 11.6. The van der Waals surface area contributed by atoms with Crippen LogP contribution in [0.4, 0.5) is 8.78 Å². The Hall–Kier alpha value is -1.58. The van der Waals surface area contributed by atoms with E-state index < -0.39 is 21.7 Å². The zero-order chi connectivity index (χ0) is 22.9. The predicted molar refractivity (Wildman–Crippen MR) is 117 cm³/mol. The fourth-order valence-corrected chi connectivity index (χ4v) is 5.95. The van der Waals surface area contributed by atoms with Gasteiger partial charge in [0.25, 0.3) is 0 Å². The number of benzene rings is 1. The van der Waals surface area contributed by atoms with Crippen molar-refractivity contribution in [2.24, 2.45) is 5.92 Å². The van der Waals surface area contributed by atoms with E-state index in [1.54, 1.807) is 12.1 Å². The van der Waals surface area contributed by atoms with Crippen LogP contribution in [0.2, 0.25) is 0 Å². The van der Waals surface area contributed by atoms with Gasteiger partial charge in [-0.3, -0.25) is 4.79 Å². The Morgan fingerprint density at radius 1 is 1.12 bits per heavy atom. The van der Waals surface area contributed by atoms with E-state index in [9.17, 15) is 22.0 Å². The number of ether oxygens (including phenoxy) is 1. The van der Waals surface area contributed by atoms with Gasteiger partial charge in [0.1, 0.15) is 0 Å². The topological polar surface area (TPSA) is 75.7 Å². The maximum absolute atomic E-state index is 14.1. The second kappa shape index (κ2) is 9.73. The van der Waals surface area contributed by atoms with Gasteiger partial charge in [-0.1, -0.05) is 12.1 Å². The van der Waals surface area contributed by atoms with Crippen molar-refractivity contribution in [2.45, 2.75) is 75.5 Å². The first kappa shape index (κ1) is 23.6. The minimum absolute atomic E-state index is 0.0344. The third kappa shape index (κ3) is 5.66. The van der Waals surface area contributed by atoms with Crippen molar-refractivity contribution in [3.8, 4) is 0 Å². The van der Waals surface area contributed by atoms with E-state index in [0.717, 1.165) is 31.6 Å². The van der Waals surface area contributed by atoms with Gasteiger partial charge in [-0.25, -0.2) is 21.9 Å². The number of halogens is 2. The lowest BCUT2D eigenvalue weighted by molar-refractivity contribution is -0.139. The van der Waals surface area contributed by atoms with Gasteiger partial charge in [0, 0.05) is 18.5 Å². The lowest BCUT2D eigenvalue weighted by atomic mass is 9.82. The zero-order valence-corrected chi connectivity index (χ0v) is 19.3. The summed E-state index contributed by atoms with van der Waals surface area (Å²) >= 11 is 0. The fraction of sp³-hybridized carbons (Fsp3) is 0.696. The number of carbonyl (C=O) groups is 1. The van der Waals surface area contributed by atoms with Crippen molar-refractivity contribution in [3.63, 3.8) is 0 Å². The average Bonchev–Trinajstić information content (AvgIpc) is 3.59. The molecule has 1 aliphatic heterocycles. The summed E-state index contributed by atoms with van der Waals surface area (Å²) in [5.74, 6) is -1.45. The van der Waals surface area contributed by atoms with Gasteiger partial charge in [0.2, 0.25) is 15.9 Å². The second-order valence-corrected chi connectivity index (χ2v) is 11.2. The molecule has 1 saturated heterocycles. The largest absolute Gasteiger partial charge is 0.376 e. The van der Waals surface area contributed by atoms with Crippen LogP contribution in [0.5, 0.6) is 0 Å². The number of hydrogen-bond acceptors (Lipinski definition) is 4. The summed E-state index contributed by atoms with van der Waals surface area (Å²) in [7, 11) is -3.41. The van der Waals surface area contributed by atoms with Crippen molar-refractivity contribution >= 4 is 15.9 Å². The third-order valence-electron chi connectivity index (χ3n) is 6.95. The molecule has 3 fully saturated rings. The molecule has 2 saturated carbocycles. The van der Waals surface area contributed by atoms with E-state index in [1.165, 1.54) is 0 Å². The Labute approximate surface area is 188 Å². The molecule has 4 rings (SSSR count). The van der Waals surface area contributed by atoms with Crippen molar-refractivity contribution in [2.75, 3.05) is 19.4 Å². The third-order valence-corrected chi connectivity index (χ3v) is 7.68. The molecule has 1 N–H and O–H groups in total. The van der Waals surface area contributed by atoms with Crippen LogP contribution in [0.15, 0.2) is 18.2 Å². The van der Waals surface area contributed by atoms with Crippen LogP contribution >= 0.6 is 0 Å². The molecule has 0 aromatic heterocycles. The van der Waals surface area contributed by atoms with Crippen LogP contribution in [0, 0.1) is 17.6 Å². The lowest BCUT2D eigenvalue weighted by Gasteiger charge is -2.42. The summed E-state index contributed by atoms with van der Waals surface area (Å²) in [4.78, 5) is 14.6. The fourth-order valence-electron chi connectivity index (χ4n) is 5.12. The first-order chi connectivity index (χ1) is 15.2. The number of sulfonamides is 1. The summed E-state index contributed by atoms with van der Waals surface area (Å²) in [5, 5.41) is 0. The van der Waals surface area contributed by atoms with Gasteiger partial charge in [-0.05, 0) is 68.9 Å². The first-order valence-corrected chi connectivity index (χ1v) is 13.5. The molecule has 0 spiro atoms. The SMILES string of the molecule is CS(=O)(=O)N[C@H]1CCCN(C(=O)C2CC2)[C@H]1COC1CCC(c2cccc(F)c2F)CC1. The number of piperidine rings is 1. The quantitative estimate of drug-likeness (QED) is 0.663. The molecular formula is C23H32F2N2O4S. The number of nitrogens with zero attached hydrogens (tertiary/aromatic N) is 1. The van der Waals surface area contributed by atoms with E-state index in [-0.39, 0.29) is 42.5 Å². The lowest BCUT2D eigenvalue weighted by Crippen LogP contribution is -2.59. The standard InChI is InChI=1S/C23H32F2N2O4S/c1-32(29,30)26-20-6-3-13-27(23(28)16-7-8-16)21(20)14-31-17-11-9-15(10-12-17)18-4-2-5-19(24)22(18)25/h2,4-5,15-17,20-21,26H,3,6-14H2,1H3/t15?,17?,20-,21-/m0/s1. The molecule has 9 heteroatoms. The molecule has 2 atom stereocenters. The minimum Gasteiger partial charge on any atom is -0.376 e. The maximum atomic E-state index is 14.1. The molecule has 178 valence electrons. The maximum Gasteiger partial charge on any atom is 0.226 e. The average molecular weight is 471 g/mol. The van der Waals surface area contributed by atoms with Gasteiger partial charge in [-0.2, -0.15) is 0 Å². The number of carbonyl (C=O) groups excluding carboxylic acids is 1. The van der Waals surface area contributed by atoms with Crippen molar-refractivity contribution in [1.29, 1.82) is 0 Å². The molecular weight excluding hydrogens is 438 g/mol. The van der Waals surface area contributed by atoms with E-state index >= 15 is 0 Å². The van der Waals surface area contributed by atoms with Gasteiger partial charge < -0.3 is 9.64 Å². The summed E-state index contributed by atoms with van der Waals surface area (Å²) in [6.07, 6.45) is 7.15. The Balaban J connectivity index is 1.37. The van der Waals surface area contributed by atoms with Crippen LogP contribution in [-0.2, 0) is 19.6 Å². The van der Waals surface area contributed by atoms with E-state index in [4.69, 9.17) is 4.74 Å². The van der Waals surface area contributed by atoms with Gasteiger partial charge in [-0.15, -0.1) is 0 Å². The molecule has 32 heavy (non-hydrogen) atoms. The molecule has 6 nitrogen and oxygen atoms in total. The Morgan fingerprint density at radius 3 is 2.50 bits per heavy atom. The van der Waals surface area contributed by atoms with Crippen LogP contribution in [-0.4, -0.2) is 56.8 Å².